The fourth-order valence-corrected chi connectivity index (χ4v) is 1.81. The molecule has 0 aliphatic rings. The van der Waals surface area contributed by atoms with Crippen LogP contribution in [0.25, 0.3) is 0 Å². The van der Waals surface area contributed by atoms with Crippen LogP contribution in [0, 0.1) is 0 Å². The SMILES string of the molecule is C=CC(O)CCCCCCCCCCC(=O)O. The second-order valence-electron chi connectivity index (χ2n) is 4.56. The van der Waals surface area contributed by atoms with Crippen molar-refractivity contribution in [3.05, 3.63) is 12.7 Å². The summed E-state index contributed by atoms with van der Waals surface area (Å²) in [6.45, 7) is 3.54. The monoisotopic (exact) mass is 242 g/mol. The minimum absolute atomic E-state index is 0.305. The first kappa shape index (κ1) is 16.2. The molecule has 0 aliphatic carbocycles. The van der Waals surface area contributed by atoms with E-state index < -0.39 is 5.97 Å². The number of aliphatic hydroxyl groups is 1. The van der Waals surface area contributed by atoms with Crippen molar-refractivity contribution in [2.45, 2.75) is 70.3 Å². The van der Waals surface area contributed by atoms with Crippen LogP contribution >= 0.6 is 0 Å². The minimum Gasteiger partial charge on any atom is -0.481 e. The Labute approximate surface area is 105 Å². The zero-order valence-corrected chi connectivity index (χ0v) is 10.7. The van der Waals surface area contributed by atoms with Crippen molar-refractivity contribution in [1.82, 2.24) is 0 Å². The second-order valence-corrected chi connectivity index (χ2v) is 4.56. The van der Waals surface area contributed by atoms with Gasteiger partial charge in [0.2, 0.25) is 0 Å². The maximum atomic E-state index is 10.3. The molecule has 0 saturated heterocycles. The molecule has 0 radical (unpaired) electrons. The van der Waals surface area contributed by atoms with Gasteiger partial charge in [-0.3, -0.25) is 4.79 Å². The summed E-state index contributed by atoms with van der Waals surface area (Å²) in [5.74, 6) is -0.689. The summed E-state index contributed by atoms with van der Waals surface area (Å²) in [7, 11) is 0. The molecule has 0 fully saturated rings. The maximum absolute atomic E-state index is 10.3. The molecule has 0 aromatic rings. The zero-order chi connectivity index (χ0) is 12.9. The molecule has 1 atom stereocenters. The van der Waals surface area contributed by atoms with Gasteiger partial charge in [0, 0.05) is 6.42 Å². The molecule has 100 valence electrons. The Hall–Kier alpha value is -0.830. The van der Waals surface area contributed by atoms with E-state index in [0.29, 0.717) is 6.42 Å². The Morgan fingerprint density at radius 3 is 1.94 bits per heavy atom. The predicted molar refractivity (Wildman–Crippen MR) is 70.0 cm³/mol. The highest BCUT2D eigenvalue weighted by Gasteiger charge is 1.98. The summed E-state index contributed by atoms with van der Waals surface area (Å²) >= 11 is 0. The molecule has 0 rings (SSSR count). The van der Waals surface area contributed by atoms with Crippen LogP contribution in [-0.4, -0.2) is 22.3 Å². The van der Waals surface area contributed by atoms with E-state index in [2.05, 4.69) is 6.58 Å². The third-order valence-corrected chi connectivity index (χ3v) is 2.91. The molecule has 17 heavy (non-hydrogen) atoms. The van der Waals surface area contributed by atoms with E-state index in [-0.39, 0.29) is 6.10 Å². The van der Waals surface area contributed by atoms with Gasteiger partial charge in [0.1, 0.15) is 0 Å². The maximum Gasteiger partial charge on any atom is 0.303 e. The number of carboxylic acids is 1. The molecule has 3 heteroatoms. The lowest BCUT2D eigenvalue weighted by molar-refractivity contribution is -0.137. The highest BCUT2D eigenvalue weighted by atomic mass is 16.4. The van der Waals surface area contributed by atoms with Crippen LogP contribution in [0.3, 0.4) is 0 Å². The molecule has 3 nitrogen and oxygen atoms in total. The molecule has 0 amide bonds. The number of unbranched alkanes of at least 4 members (excludes halogenated alkanes) is 7. The third kappa shape index (κ3) is 13.1. The van der Waals surface area contributed by atoms with Crippen molar-refractivity contribution >= 4 is 5.97 Å². The van der Waals surface area contributed by atoms with Gasteiger partial charge in [-0.25, -0.2) is 0 Å². The van der Waals surface area contributed by atoms with Gasteiger partial charge >= 0.3 is 5.97 Å². The van der Waals surface area contributed by atoms with Crippen LogP contribution in [-0.2, 0) is 4.79 Å². The molecular formula is C14H26O3. The third-order valence-electron chi connectivity index (χ3n) is 2.91. The first-order chi connectivity index (χ1) is 8.16. The van der Waals surface area contributed by atoms with Gasteiger partial charge < -0.3 is 10.2 Å². The standard InChI is InChI=1S/C14H26O3/c1-2-13(15)11-9-7-5-3-4-6-8-10-12-14(16)17/h2,13,15H,1,3-12H2,(H,16,17). The van der Waals surface area contributed by atoms with Gasteiger partial charge in [-0.05, 0) is 12.8 Å². The number of hydrogen-bond donors (Lipinski definition) is 2. The number of carbonyl (C=O) groups is 1. The highest BCUT2D eigenvalue weighted by Crippen LogP contribution is 2.11. The normalized spacial score (nSPS) is 12.3. The van der Waals surface area contributed by atoms with Gasteiger partial charge in [0.25, 0.3) is 0 Å². The van der Waals surface area contributed by atoms with Crippen molar-refractivity contribution in [1.29, 1.82) is 0 Å². The fourth-order valence-electron chi connectivity index (χ4n) is 1.81. The Morgan fingerprint density at radius 2 is 1.47 bits per heavy atom. The lowest BCUT2D eigenvalue weighted by Crippen LogP contribution is -2.00. The molecule has 0 spiro atoms. The zero-order valence-electron chi connectivity index (χ0n) is 10.7. The van der Waals surface area contributed by atoms with Gasteiger partial charge in [0.15, 0.2) is 0 Å². The topological polar surface area (TPSA) is 57.5 Å². The largest absolute Gasteiger partial charge is 0.481 e. The van der Waals surface area contributed by atoms with E-state index in [0.717, 1.165) is 32.1 Å². The lowest BCUT2D eigenvalue weighted by atomic mass is 10.1. The molecule has 0 heterocycles. The smallest absolute Gasteiger partial charge is 0.303 e. The molecule has 0 saturated carbocycles. The molecule has 0 bridgehead atoms. The number of carboxylic acid groups (broad SMARTS) is 1. The average molecular weight is 242 g/mol. The lowest BCUT2D eigenvalue weighted by Gasteiger charge is -2.04. The average Bonchev–Trinajstić information content (AvgIpc) is 2.30. The quantitative estimate of drug-likeness (QED) is 0.406. The Morgan fingerprint density at radius 1 is 1.00 bits per heavy atom. The Kier molecular flexibility index (Phi) is 11.1. The van der Waals surface area contributed by atoms with Crippen molar-refractivity contribution in [3.8, 4) is 0 Å². The molecule has 2 N–H and O–H groups in total. The van der Waals surface area contributed by atoms with Crippen LogP contribution in [0.2, 0.25) is 0 Å². The summed E-state index contributed by atoms with van der Waals surface area (Å²) in [6.07, 6.45) is 11.2. The number of hydrogen-bond acceptors (Lipinski definition) is 2. The number of rotatable bonds is 12. The van der Waals surface area contributed by atoms with Crippen molar-refractivity contribution in [3.63, 3.8) is 0 Å². The highest BCUT2D eigenvalue weighted by molar-refractivity contribution is 5.66. The van der Waals surface area contributed by atoms with Crippen molar-refractivity contribution < 1.29 is 15.0 Å². The van der Waals surface area contributed by atoms with Gasteiger partial charge in [-0.15, -0.1) is 6.58 Å². The Balaban J connectivity index is 3.03. The van der Waals surface area contributed by atoms with Crippen LogP contribution < -0.4 is 0 Å². The Bertz CT molecular complexity index is 202. The first-order valence-corrected chi connectivity index (χ1v) is 6.69. The van der Waals surface area contributed by atoms with Gasteiger partial charge in [-0.2, -0.15) is 0 Å². The predicted octanol–water partition coefficient (Wildman–Crippen LogP) is 3.52. The summed E-state index contributed by atoms with van der Waals surface area (Å²) in [6, 6.07) is 0. The van der Waals surface area contributed by atoms with Gasteiger partial charge in [-0.1, -0.05) is 51.0 Å². The van der Waals surface area contributed by atoms with Crippen molar-refractivity contribution in [2.75, 3.05) is 0 Å². The minimum atomic E-state index is -0.689. The summed E-state index contributed by atoms with van der Waals surface area (Å²) < 4.78 is 0. The van der Waals surface area contributed by atoms with Gasteiger partial charge in [0.05, 0.1) is 6.10 Å². The molecule has 1 unspecified atom stereocenters. The van der Waals surface area contributed by atoms with Crippen LogP contribution in [0.4, 0.5) is 0 Å². The summed E-state index contributed by atoms with van der Waals surface area (Å²) in [4.78, 5) is 10.3. The first-order valence-electron chi connectivity index (χ1n) is 6.69. The van der Waals surface area contributed by atoms with E-state index in [9.17, 15) is 9.90 Å². The molecule has 0 aromatic heterocycles. The molecule has 0 aliphatic heterocycles. The molecular weight excluding hydrogens is 216 g/mol. The van der Waals surface area contributed by atoms with Crippen molar-refractivity contribution in [2.24, 2.45) is 0 Å². The van der Waals surface area contributed by atoms with E-state index in [1.165, 1.54) is 25.7 Å². The second kappa shape index (κ2) is 11.6. The summed E-state index contributed by atoms with van der Waals surface area (Å²) in [5.41, 5.74) is 0. The van der Waals surface area contributed by atoms with E-state index in [4.69, 9.17) is 5.11 Å². The van der Waals surface area contributed by atoms with E-state index in [1.54, 1.807) is 6.08 Å². The van der Waals surface area contributed by atoms with Crippen LogP contribution in [0.5, 0.6) is 0 Å². The van der Waals surface area contributed by atoms with Crippen LogP contribution in [0.1, 0.15) is 64.2 Å². The number of aliphatic carboxylic acids is 1. The van der Waals surface area contributed by atoms with E-state index in [1.807, 2.05) is 0 Å². The van der Waals surface area contributed by atoms with E-state index >= 15 is 0 Å². The number of aliphatic hydroxyl groups excluding tert-OH is 1. The molecule has 0 aromatic carbocycles. The van der Waals surface area contributed by atoms with Crippen LogP contribution in [0.15, 0.2) is 12.7 Å². The summed E-state index contributed by atoms with van der Waals surface area (Å²) in [5, 5.41) is 17.7. The fraction of sp³-hybridized carbons (Fsp3) is 0.786.